The molecule has 6 unspecified atom stereocenters. The smallest absolute Gasteiger partial charge is 0.0745 e. The number of hydrogen-bond acceptors (Lipinski definition) is 3. The van der Waals surface area contributed by atoms with Gasteiger partial charge < -0.3 is 9.64 Å². The molecule has 4 fully saturated rings. The molecule has 4 aliphatic rings. The number of nitrogens with zero attached hydrogens (tertiary/aromatic N) is 2. The van der Waals surface area contributed by atoms with Gasteiger partial charge in [-0.05, 0) is 68.7 Å². The molecule has 3 aliphatic heterocycles. The lowest BCUT2D eigenvalue weighted by atomic mass is 9.79. The highest BCUT2D eigenvalue weighted by Gasteiger charge is 2.44. The zero-order valence-corrected chi connectivity index (χ0v) is 17.8. The van der Waals surface area contributed by atoms with Crippen LogP contribution in [0.15, 0.2) is 0 Å². The summed E-state index contributed by atoms with van der Waals surface area (Å²) >= 11 is 0. The Morgan fingerprint density at radius 2 is 1.77 bits per heavy atom. The van der Waals surface area contributed by atoms with Crippen LogP contribution in [-0.2, 0) is 4.74 Å². The lowest BCUT2D eigenvalue weighted by Gasteiger charge is -2.40. The molecule has 0 N–H and O–H groups in total. The van der Waals surface area contributed by atoms with E-state index >= 15 is 0 Å². The molecule has 0 aromatic heterocycles. The van der Waals surface area contributed by atoms with E-state index in [4.69, 9.17) is 4.74 Å². The Balaban J connectivity index is 1.36. The Labute approximate surface area is 161 Å². The number of hydrogen-bond donors (Lipinski definition) is 0. The maximum Gasteiger partial charge on any atom is 0.0745 e. The van der Waals surface area contributed by atoms with Crippen LogP contribution in [-0.4, -0.2) is 60.8 Å². The van der Waals surface area contributed by atoms with Crippen molar-refractivity contribution in [1.82, 2.24) is 9.80 Å². The quantitative estimate of drug-likeness (QED) is 0.739. The Bertz CT molecular complexity index is 473. The Kier molecular flexibility index (Phi) is 5.70. The number of ether oxygens (including phenoxy) is 1. The van der Waals surface area contributed by atoms with Gasteiger partial charge in [0.2, 0.25) is 0 Å². The first-order valence-corrected chi connectivity index (χ1v) is 11.5. The van der Waals surface area contributed by atoms with Crippen LogP contribution in [0, 0.1) is 23.2 Å². The van der Waals surface area contributed by atoms with E-state index in [1.807, 2.05) is 0 Å². The number of fused-ring (bicyclic) bond motifs is 2. The van der Waals surface area contributed by atoms with Gasteiger partial charge in [-0.15, -0.1) is 0 Å². The van der Waals surface area contributed by atoms with Crippen molar-refractivity contribution < 1.29 is 4.74 Å². The largest absolute Gasteiger partial charge is 0.375 e. The van der Waals surface area contributed by atoms with Gasteiger partial charge in [0.1, 0.15) is 0 Å². The molecule has 3 heterocycles. The molecule has 6 atom stereocenters. The van der Waals surface area contributed by atoms with Gasteiger partial charge in [-0.25, -0.2) is 0 Å². The van der Waals surface area contributed by atoms with Crippen molar-refractivity contribution in [1.29, 1.82) is 0 Å². The fourth-order valence-corrected chi connectivity index (χ4v) is 6.43. The van der Waals surface area contributed by atoms with Crippen LogP contribution in [0.5, 0.6) is 0 Å². The Morgan fingerprint density at radius 3 is 2.58 bits per heavy atom. The van der Waals surface area contributed by atoms with Crippen molar-refractivity contribution in [3.8, 4) is 0 Å². The van der Waals surface area contributed by atoms with E-state index in [2.05, 4.69) is 37.5 Å². The highest BCUT2D eigenvalue weighted by atomic mass is 16.5. The van der Waals surface area contributed by atoms with Crippen molar-refractivity contribution in [3.63, 3.8) is 0 Å². The molecule has 3 nitrogen and oxygen atoms in total. The molecular weight excluding hydrogens is 320 g/mol. The zero-order chi connectivity index (χ0) is 18.3. The summed E-state index contributed by atoms with van der Waals surface area (Å²) in [5, 5.41) is 0. The van der Waals surface area contributed by atoms with Gasteiger partial charge in [-0.1, -0.05) is 33.6 Å². The van der Waals surface area contributed by atoms with Crippen molar-refractivity contribution in [2.45, 2.75) is 90.8 Å². The van der Waals surface area contributed by atoms with Crippen LogP contribution in [0.1, 0.15) is 72.6 Å². The van der Waals surface area contributed by atoms with Crippen molar-refractivity contribution in [3.05, 3.63) is 0 Å². The molecule has 0 aromatic rings. The highest BCUT2D eigenvalue weighted by molar-refractivity contribution is 4.97. The molecule has 3 heteroatoms. The van der Waals surface area contributed by atoms with E-state index in [1.165, 1.54) is 64.6 Å². The second kappa shape index (κ2) is 7.72. The molecule has 1 aliphatic carbocycles. The third kappa shape index (κ3) is 4.00. The van der Waals surface area contributed by atoms with E-state index < -0.39 is 0 Å². The molecule has 0 radical (unpaired) electrons. The molecule has 150 valence electrons. The van der Waals surface area contributed by atoms with Crippen LogP contribution in [0.2, 0.25) is 0 Å². The highest BCUT2D eigenvalue weighted by Crippen LogP contribution is 2.41. The van der Waals surface area contributed by atoms with Gasteiger partial charge in [-0.3, -0.25) is 4.90 Å². The predicted octanol–water partition coefficient (Wildman–Crippen LogP) is 4.41. The summed E-state index contributed by atoms with van der Waals surface area (Å²) in [6.45, 7) is 15.8. The van der Waals surface area contributed by atoms with Crippen LogP contribution < -0.4 is 0 Å². The first-order valence-electron chi connectivity index (χ1n) is 11.5. The third-order valence-electron chi connectivity index (χ3n) is 8.32. The number of rotatable bonds is 3. The van der Waals surface area contributed by atoms with E-state index in [9.17, 15) is 0 Å². The summed E-state index contributed by atoms with van der Waals surface area (Å²) in [6, 6.07) is 1.34. The topological polar surface area (TPSA) is 15.7 Å². The molecule has 4 rings (SSSR count). The van der Waals surface area contributed by atoms with Crippen molar-refractivity contribution in [2.24, 2.45) is 23.2 Å². The molecule has 0 aromatic carbocycles. The second-order valence-electron chi connectivity index (χ2n) is 10.9. The molecule has 0 bridgehead atoms. The molecular formula is C23H42N2O. The van der Waals surface area contributed by atoms with E-state index in [-0.39, 0.29) is 0 Å². The van der Waals surface area contributed by atoms with Gasteiger partial charge >= 0.3 is 0 Å². The van der Waals surface area contributed by atoms with Gasteiger partial charge in [0, 0.05) is 31.7 Å². The summed E-state index contributed by atoms with van der Waals surface area (Å²) in [6.07, 6.45) is 10.4. The lowest BCUT2D eigenvalue weighted by molar-refractivity contribution is -0.0682. The summed E-state index contributed by atoms with van der Waals surface area (Å²) in [5.74, 6) is 2.85. The standard InChI is InChI=1S/C23H42N2O/c1-17(24-10-6-9-18-7-5-8-19(18)15-24)13-22-21-14-20(23(2,3)4)16-25(21)11-12-26-22/h17-22H,5-16H2,1-4H3. The first-order chi connectivity index (χ1) is 12.4. The van der Waals surface area contributed by atoms with E-state index in [1.54, 1.807) is 0 Å². The fourth-order valence-electron chi connectivity index (χ4n) is 6.43. The van der Waals surface area contributed by atoms with Gasteiger partial charge in [0.25, 0.3) is 0 Å². The molecule has 0 spiro atoms. The molecule has 1 saturated carbocycles. The summed E-state index contributed by atoms with van der Waals surface area (Å²) in [4.78, 5) is 5.58. The van der Waals surface area contributed by atoms with Crippen LogP contribution in [0.25, 0.3) is 0 Å². The summed E-state index contributed by atoms with van der Waals surface area (Å²) < 4.78 is 6.36. The summed E-state index contributed by atoms with van der Waals surface area (Å²) in [7, 11) is 0. The average Bonchev–Trinajstić information content (AvgIpc) is 3.17. The summed E-state index contributed by atoms with van der Waals surface area (Å²) in [5.41, 5.74) is 0.426. The zero-order valence-electron chi connectivity index (χ0n) is 17.8. The molecule has 3 saturated heterocycles. The molecule has 26 heavy (non-hydrogen) atoms. The minimum atomic E-state index is 0.426. The average molecular weight is 363 g/mol. The van der Waals surface area contributed by atoms with Gasteiger partial charge in [0.15, 0.2) is 0 Å². The maximum absolute atomic E-state index is 6.36. The molecule has 0 amide bonds. The van der Waals surface area contributed by atoms with Crippen molar-refractivity contribution >= 4 is 0 Å². The number of likely N-dealkylation sites (tertiary alicyclic amines) is 1. The third-order valence-corrected chi connectivity index (χ3v) is 8.32. The fraction of sp³-hybridized carbons (Fsp3) is 1.00. The van der Waals surface area contributed by atoms with Crippen molar-refractivity contribution in [2.75, 3.05) is 32.8 Å². The normalized spacial score (nSPS) is 40.8. The van der Waals surface area contributed by atoms with Gasteiger partial charge in [-0.2, -0.15) is 0 Å². The Hall–Kier alpha value is -0.120. The van der Waals surface area contributed by atoms with Gasteiger partial charge in [0.05, 0.1) is 12.7 Å². The SMILES string of the molecule is CC(CC1OCCN2CC(C(C)(C)C)CC12)N1CCCC2CCCC2C1. The minimum Gasteiger partial charge on any atom is -0.375 e. The first kappa shape index (κ1) is 19.2. The minimum absolute atomic E-state index is 0.426. The van der Waals surface area contributed by atoms with Crippen LogP contribution in [0.4, 0.5) is 0 Å². The van der Waals surface area contributed by atoms with E-state index in [0.717, 1.165) is 30.9 Å². The van der Waals surface area contributed by atoms with Crippen LogP contribution >= 0.6 is 0 Å². The van der Waals surface area contributed by atoms with E-state index in [0.29, 0.717) is 23.6 Å². The Morgan fingerprint density at radius 1 is 1.00 bits per heavy atom. The predicted molar refractivity (Wildman–Crippen MR) is 108 cm³/mol. The number of morpholine rings is 1. The maximum atomic E-state index is 6.36. The second-order valence-corrected chi connectivity index (χ2v) is 10.9. The van der Waals surface area contributed by atoms with Crippen LogP contribution in [0.3, 0.4) is 0 Å². The lowest BCUT2D eigenvalue weighted by Crippen LogP contribution is -2.50. The monoisotopic (exact) mass is 362 g/mol.